The SMILES string of the molecule is Cc1cc(C(=O)N2CCN(C=O)CC2)nc(N(C)c2ccccc2)n1. The smallest absolute Gasteiger partial charge is 0.272 e. The zero-order chi connectivity index (χ0) is 17.8. The van der Waals surface area contributed by atoms with Crippen LogP contribution in [-0.2, 0) is 4.79 Å². The summed E-state index contributed by atoms with van der Waals surface area (Å²) in [5.41, 5.74) is 2.07. The first-order chi connectivity index (χ1) is 12.1. The zero-order valence-corrected chi connectivity index (χ0v) is 14.4. The summed E-state index contributed by atoms with van der Waals surface area (Å²) in [5.74, 6) is 0.361. The molecule has 0 saturated carbocycles. The maximum atomic E-state index is 12.8. The third-order valence-electron chi connectivity index (χ3n) is 4.26. The number of carbonyl (C=O) groups excluding carboxylic acids is 2. The minimum atomic E-state index is -0.126. The number of benzene rings is 1. The molecule has 0 radical (unpaired) electrons. The lowest BCUT2D eigenvalue weighted by Gasteiger charge is -2.32. The van der Waals surface area contributed by atoms with Crippen molar-refractivity contribution in [2.24, 2.45) is 0 Å². The number of aryl methyl sites for hydroxylation is 1. The fraction of sp³-hybridized carbons (Fsp3) is 0.333. The number of amides is 2. The number of aromatic nitrogens is 2. The molecule has 1 aromatic carbocycles. The van der Waals surface area contributed by atoms with E-state index in [1.54, 1.807) is 15.9 Å². The van der Waals surface area contributed by atoms with E-state index in [1.807, 2.05) is 49.2 Å². The summed E-state index contributed by atoms with van der Waals surface area (Å²) in [5, 5.41) is 0. The van der Waals surface area contributed by atoms with Gasteiger partial charge in [-0.3, -0.25) is 9.59 Å². The Bertz CT molecular complexity index is 757. The number of rotatable bonds is 4. The standard InChI is InChI=1S/C18H21N5O2/c1-14-12-16(17(25)23-10-8-22(13-24)9-11-23)20-18(19-14)21(2)15-6-4-3-5-7-15/h3-7,12-13H,8-11H2,1-2H3. The Morgan fingerprint density at radius 3 is 2.44 bits per heavy atom. The maximum absolute atomic E-state index is 12.8. The molecule has 2 amide bonds. The summed E-state index contributed by atoms with van der Waals surface area (Å²) in [6.45, 7) is 3.99. The van der Waals surface area contributed by atoms with E-state index in [0.29, 0.717) is 37.8 Å². The van der Waals surface area contributed by atoms with Crippen molar-refractivity contribution in [3.63, 3.8) is 0 Å². The van der Waals surface area contributed by atoms with Gasteiger partial charge in [0.05, 0.1) is 0 Å². The highest BCUT2D eigenvalue weighted by molar-refractivity contribution is 5.93. The minimum absolute atomic E-state index is 0.126. The minimum Gasteiger partial charge on any atom is -0.342 e. The second kappa shape index (κ2) is 7.29. The van der Waals surface area contributed by atoms with E-state index in [2.05, 4.69) is 9.97 Å². The second-order valence-corrected chi connectivity index (χ2v) is 6.02. The molecule has 25 heavy (non-hydrogen) atoms. The van der Waals surface area contributed by atoms with Crippen LogP contribution in [0.3, 0.4) is 0 Å². The van der Waals surface area contributed by atoms with E-state index in [0.717, 1.165) is 17.8 Å². The van der Waals surface area contributed by atoms with Gasteiger partial charge in [-0.25, -0.2) is 9.97 Å². The number of para-hydroxylation sites is 1. The third-order valence-corrected chi connectivity index (χ3v) is 4.26. The number of hydrogen-bond donors (Lipinski definition) is 0. The molecule has 0 N–H and O–H groups in total. The Labute approximate surface area is 146 Å². The number of piperazine rings is 1. The molecule has 1 saturated heterocycles. The van der Waals surface area contributed by atoms with Crippen molar-refractivity contribution in [1.29, 1.82) is 0 Å². The van der Waals surface area contributed by atoms with Crippen molar-refractivity contribution >= 4 is 24.0 Å². The van der Waals surface area contributed by atoms with Gasteiger partial charge in [-0.15, -0.1) is 0 Å². The zero-order valence-electron chi connectivity index (χ0n) is 14.4. The first kappa shape index (κ1) is 16.9. The number of carbonyl (C=O) groups is 2. The van der Waals surface area contributed by atoms with Crippen molar-refractivity contribution in [2.45, 2.75) is 6.92 Å². The fourth-order valence-electron chi connectivity index (χ4n) is 2.77. The summed E-state index contributed by atoms with van der Waals surface area (Å²) in [6, 6.07) is 11.5. The number of anilines is 2. The van der Waals surface area contributed by atoms with Gasteiger partial charge in [0.2, 0.25) is 12.4 Å². The molecule has 1 aromatic heterocycles. The molecule has 1 fully saturated rings. The Hall–Kier alpha value is -2.96. The van der Waals surface area contributed by atoms with Crippen LogP contribution in [-0.4, -0.2) is 65.3 Å². The monoisotopic (exact) mass is 339 g/mol. The van der Waals surface area contributed by atoms with Crippen LogP contribution >= 0.6 is 0 Å². The number of hydrogen-bond acceptors (Lipinski definition) is 5. The van der Waals surface area contributed by atoms with Crippen molar-refractivity contribution in [1.82, 2.24) is 19.8 Å². The van der Waals surface area contributed by atoms with Crippen molar-refractivity contribution in [3.05, 3.63) is 47.8 Å². The van der Waals surface area contributed by atoms with Crippen LogP contribution in [0.4, 0.5) is 11.6 Å². The van der Waals surface area contributed by atoms with Crippen molar-refractivity contribution < 1.29 is 9.59 Å². The van der Waals surface area contributed by atoms with E-state index in [-0.39, 0.29) is 5.91 Å². The Morgan fingerprint density at radius 2 is 1.80 bits per heavy atom. The molecular weight excluding hydrogens is 318 g/mol. The molecule has 2 heterocycles. The summed E-state index contributed by atoms with van der Waals surface area (Å²) in [6.07, 6.45) is 0.823. The highest BCUT2D eigenvalue weighted by Crippen LogP contribution is 2.20. The molecule has 0 aliphatic carbocycles. The molecule has 7 nitrogen and oxygen atoms in total. The van der Waals surface area contributed by atoms with E-state index in [1.165, 1.54) is 0 Å². The average molecular weight is 339 g/mol. The molecule has 2 aromatic rings. The average Bonchev–Trinajstić information content (AvgIpc) is 2.67. The molecule has 0 spiro atoms. The van der Waals surface area contributed by atoms with Crippen LogP contribution < -0.4 is 4.90 Å². The summed E-state index contributed by atoms with van der Waals surface area (Å²) >= 11 is 0. The van der Waals surface area contributed by atoms with Gasteiger partial charge in [-0.2, -0.15) is 0 Å². The van der Waals surface area contributed by atoms with Crippen LogP contribution in [0.1, 0.15) is 16.2 Å². The lowest BCUT2D eigenvalue weighted by Crippen LogP contribution is -2.48. The fourth-order valence-corrected chi connectivity index (χ4v) is 2.77. The molecular formula is C18H21N5O2. The van der Waals surface area contributed by atoms with E-state index >= 15 is 0 Å². The van der Waals surface area contributed by atoms with E-state index in [4.69, 9.17) is 0 Å². The van der Waals surface area contributed by atoms with E-state index in [9.17, 15) is 9.59 Å². The third kappa shape index (κ3) is 3.76. The number of nitrogens with zero attached hydrogens (tertiary/aromatic N) is 5. The largest absolute Gasteiger partial charge is 0.342 e. The van der Waals surface area contributed by atoms with Crippen LogP contribution in [0, 0.1) is 6.92 Å². The predicted molar refractivity (Wildman–Crippen MR) is 94.8 cm³/mol. The van der Waals surface area contributed by atoms with Crippen molar-refractivity contribution in [3.8, 4) is 0 Å². The first-order valence-electron chi connectivity index (χ1n) is 8.21. The van der Waals surface area contributed by atoms with Gasteiger partial charge >= 0.3 is 0 Å². The van der Waals surface area contributed by atoms with Crippen LogP contribution in [0.15, 0.2) is 36.4 Å². The molecule has 0 unspecified atom stereocenters. The molecule has 1 aliphatic heterocycles. The summed E-state index contributed by atoms with van der Waals surface area (Å²) in [7, 11) is 1.88. The van der Waals surface area contributed by atoms with E-state index < -0.39 is 0 Å². The molecule has 7 heteroatoms. The topological polar surface area (TPSA) is 69.6 Å². The molecule has 0 bridgehead atoms. The lowest BCUT2D eigenvalue weighted by molar-refractivity contribution is -0.119. The van der Waals surface area contributed by atoms with Crippen LogP contribution in [0.5, 0.6) is 0 Å². The first-order valence-corrected chi connectivity index (χ1v) is 8.21. The summed E-state index contributed by atoms with van der Waals surface area (Å²) in [4.78, 5) is 37.7. The molecule has 3 rings (SSSR count). The molecule has 130 valence electrons. The Kier molecular flexibility index (Phi) is 4.92. The normalized spacial score (nSPS) is 14.3. The van der Waals surface area contributed by atoms with Crippen LogP contribution in [0.25, 0.3) is 0 Å². The van der Waals surface area contributed by atoms with Gasteiger partial charge in [-0.1, -0.05) is 18.2 Å². The highest BCUT2D eigenvalue weighted by atomic mass is 16.2. The quantitative estimate of drug-likeness (QED) is 0.789. The van der Waals surface area contributed by atoms with Gasteiger partial charge in [0.25, 0.3) is 5.91 Å². The van der Waals surface area contributed by atoms with Gasteiger partial charge in [-0.05, 0) is 25.1 Å². The van der Waals surface area contributed by atoms with Crippen molar-refractivity contribution in [2.75, 3.05) is 38.1 Å². The summed E-state index contributed by atoms with van der Waals surface area (Å²) < 4.78 is 0. The Morgan fingerprint density at radius 1 is 1.12 bits per heavy atom. The molecule has 1 aliphatic rings. The van der Waals surface area contributed by atoms with Gasteiger partial charge in [0, 0.05) is 44.6 Å². The molecule has 0 atom stereocenters. The maximum Gasteiger partial charge on any atom is 0.272 e. The predicted octanol–water partition coefficient (Wildman–Crippen LogP) is 1.47. The lowest BCUT2D eigenvalue weighted by atomic mass is 10.2. The van der Waals surface area contributed by atoms with Crippen LogP contribution in [0.2, 0.25) is 0 Å². The van der Waals surface area contributed by atoms with Gasteiger partial charge in [0.1, 0.15) is 5.69 Å². The Balaban J connectivity index is 1.82. The second-order valence-electron chi connectivity index (χ2n) is 6.02. The van der Waals surface area contributed by atoms with Gasteiger partial charge in [0.15, 0.2) is 0 Å². The highest BCUT2D eigenvalue weighted by Gasteiger charge is 2.23. The van der Waals surface area contributed by atoms with Gasteiger partial charge < -0.3 is 14.7 Å².